The third-order valence-electron chi connectivity index (χ3n) is 5.39. The molecule has 3 amide bonds. The zero-order valence-corrected chi connectivity index (χ0v) is 20.0. The quantitative estimate of drug-likeness (QED) is 0.745. The third kappa shape index (κ3) is 3.86. The van der Waals surface area contributed by atoms with Crippen molar-refractivity contribution in [3.05, 3.63) is 59.2 Å². The summed E-state index contributed by atoms with van der Waals surface area (Å²) in [7, 11) is 0. The number of benzene rings is 2. The summed E-state index contributed by atoms with van der Waals surface area (Å²) < 4.78 is 5.97. The molecule has 0 aromatic heterocycles. The van der Waals surface area contributed by atoms with Crippen molar-refractivity contribution in [1.29, 1.82) is 0 Å². The minimum absolute atomic E-state index is 0.0204. The second kappa shape index (κ2) is 8.55. The number of para-hydroxylation sites is 2. The molecule has 0 saturated heterocycles. The summed E-state index contributed by atoms with van der Waals surface area (Å²) in [5.41, 5.74) is 3.15. The van der Waals surface area contributed by atoms with Crippen LogP contribution >= 0.6 is 11.8 Å². The maximum Gasteiger partial charge on any atom is 0.271 e. The van der Waals surface area contributed by atoms with Crippen LogP contribution in [0.15, 0.2) is 47.6 Å². The molecule has 8 nitrogen and oxygen atoms in total. The number of ether oxygens (including phenoxy) is 1. The van der Waals surface area contributed by atoms with E-state index in [-0.39, 0.29) is 29.6 Å². The molecule has 0 saturated carbocycles. The molecule has 0 radical (unpaired) electrons. The average Bonchev–Trinajstić information content (AvgIpc) is 3.22. The molecule has 0 fully saturated rings. The van der Waals surface area contributed by atoms with E-state index in [2.05, 4.69) is 10.4 Å². The Kier molecular flexibility index (Phi) is 5.92. The second-order valence-corrected chi connectivity index (χ2v) is 9.48. The van der Waals surface area contributed by atoms with Gasteiger partial charge in [-0.1, -0.05) is 36.4 Å². The normalized spacial score (nSPS) is 19.2. The van der Waals surface area contributed by atoms with Crippen molar-refractivity contribution in [2.45, 2.75) is 52.1 Å². The highest BCUT2D eigenvalue weighted by Crippen LogP contribution is 2.55. The van der Waals surface area contributed by atoms with Gasteiger partial charge < -0.3 is 15.0 Å². The highest BCUT2D eigenvalue weighted by atomic mass is 32.2. The predicted molar refractivity (Wildman–Crippen MR) is 128 cm³/mol. The molecule has 1 atom stereocenters. The number of hydrogen-bond acceptors (Lipinski definition) is 6. The van der Waals surface area contributed by atoms with Gasteiger partial charge in [0.1, 0.15) is 5.75 Å². The van der Waals surface area contributed by atoms with E-state index in [1.165, 1.54) is 18.9 Å². The van der Waals surface area contributed by atoms with Crippen LogP contribution in [-0.2, 0) is 25.8 Å². The minimum atomic E-state index is -1.42. The lowest BCUT2D eigenvalue weighted by molar-refractivity contribution is -0.139. The number of nitrogens with one attached hydrogen (secondary N) is 1. The Morgan fingerprint density at radius 3 is 2.55 bits per heavy atom. The lowest BCUT2D eigenvalue weighted by Crippen LogP contribution is -2.48. The molecule has 33 heavy (non-hydrogen) atoms. The number of amides is 3. The smallest absolute Gasteiger partial charge is 0.271 e. The molecule has 2 aliphatic rings. The van der Waals surface area contributed by atoms with Crippen LogP contribution in [-0.4, -0.2) is 34.0 Å². The van der Waals surface area contributed by atoms with E-state index in [0.29, 0.717) is 11.3 Å². The molecule has 0 bridgehead atoms. The van der Waals surface area contributed by atoms with Gasteiger partial charge in [0, 0.05) is 25.0 Å². The van der Waals surface area contributed by atoms with Crippen molar-refractivity contribution in [1.82, 2.24) is 10.3 Å². The first-order valence-electron chi connectivity index (χ1n) is 10.7. The first-order valence-corrected chi connectivity index (χ1v) is 11.5. The Hall–Kier alpha value is -3.33. The standard InChI is InChI=1S/C24H26N4O4S/c1-14(2)32-20-12-7-6-10-18(20)13-27-21-15(3)9-8-11-19(21)24(22(27)31)28(17(5)30)26-23(33-24)25-16(4)29/h6-12,14H,13H2,1-5H3,(H,25,26,29)/t24-/m0/s1. The second-order valence-electron chi connectivity index (χ2n) is 8.30. The molecule has 0 aliphatic carbocycles. The summed E-state index contributed by atoms with van der Waals surface area (Å²) in [4.78, 5) is 38.7. The molecule has 2 heterocycles. The molecule has 2 aromatic carbocycles. The Balaban J connectivity index is 1.82. The number of nitrogens with zero attached hydrogens (tertiary/aromatic N) is 3. The van der Waals surface area contributed by atoms with E-state index >= 15 is 0 Å². The van der Waals surface area contributed by atoms with E-state index in [9.17, 15) is 14.4 Å². The first kappa shape index (κ1) is 22.8. The molecule has 1 spiro atoms. The molecule has 1 N–H and O–H groups in total. The van der Waals surface area contributed by atoms with Crippen LogP contribution < -0.4 is 15.0 Å². The zero-order valence-electron chi connectivity index (χ0n) is 19.2. The fraction of sp³-hybridized carbons (Fsp3) is 0.333. The minimum Gasteiger partial charge on any atom is -0.491 e. The summed E-state index contributed by atoms with van der Waals surface area (Å²) in [6.07, 6.45) is -0.0204. The van der Waals surface area contributed by atoms with Crippen molar-refractivity contribution in [2.75, 3.05) is 4.90 Å². The SMILES string of the molecule is CC(=O)NC1=NN(C(C)=O)[C@@]2(S1)C(=O)N(Cc1ccccc1OC(C)C)c1c(C)cccc12. The molecular weight excluding hydrogens is 440 g/mol. The molecule has 4 rings (SSSR count). The average molecular weight is 467 g/mol. The lowest BCUT2D eigenvalue weighted by atomic mass is 10.0. The lowest BCUT2D eigenvalue weighted by Gasteiger charge is -2.29. The van der Waals surface area contributed by atoms with Crippen LogP contribution in [0.2, 0.25) is 0 Å². The predicted octanol–water partition coefficient (Wildman–Crippen LogP) is 3.48. The third-order valence-corrected chi connectivity index (χ3v) is 6.63. The molecule has 9 heteroatoms. The van der Waals surface area contributed by atoms with Gasteiger partial charge in [-0.2, -0.15) is 5.01 Å². The zero-order chi connectivity index (χ0) is 23.9. The van der Waals surface area contributed by atoms with E-state index in [4.69, 9.17) is 4.74 Å². The van der Waals surface area contributed by atoms with E-state index in [1.807, 2.05) is 63.2 Å². The van der Waals surface area contributed by atoms with Crippen molar-refractivity contribution in [3.8, 4) is 5.75 Å². The number of rotatable bonds is 4. The van der Waals surface area contributed by atoms with Crippen LogP contribution in [0.1, 0.15) is 44.4 Å². The number of carbonyl (C=O) groups excluding carboxylic acids is 3. The first-order chi connectivity index (χ1) is 15.6. The van der Waals surface area contributed by atoms with Gasteiger partial charge in [-0.15, -0.1) is 5.10 Å². The molecule has 0 unspecified atom stereocenters. The number of aryl methyl sites for hydroxylation is 1. The van der Waals surface area contributed by atoms with Gasteiger partial charge in [0.25, 0.3) is 5.91 Å². The van der Waals surface area contributed by atoms with Crippen LogP contribution in [0.25, 0.3) is 0 Å². The number of fused-ring (bicyclic) bond motifs is 2. The van der Waals surface area contributed by atoms with Crippen molar-refractivity contribution >= 4 is 40.3 Å². The monoisotopic (exact) mass is 466 g/mol. The van der Waals surface area contributed by atoms with Gasteiger partial charge in [0.15, 0.2) is 5.17 Å². The van der Waals surface area contributed by atoms with Crippen LogP contribution in [0.4, 0.5) is 5.69 Å². The number of hydrazone groups is 1. The van der Waals surface area contributed by atoms with E-state index < -0.39 is 10.8 Å². The van der Waals surface area contributed by atoms with Crippen molar-refractivity contribution in [2.24, 2.45) is 5.10 Å². The Morgan fingerprint density at radius 2 is 1.88 bits per heavy atom. The molecule has 2 aliphatic heterocycles. The van der Waals surface area contributed by atoms with Gasteiger partial charge >= 0.3 is 0 Å². The van der Waals surface area contributed by atoms with E-state index in [0.717, 1.165) is 28.6 Å². The summed E-state index contributed by atoms with van der Waals surface area (Å²) in [5.74, 6) is -0.313. The molecule has 2 aromatic rings. The number of carbonyl (C=O) groups is 3. The number of thioether (sulfide) groups is 1. The molecular formula is C24H26N4O4S. The Bertz CT molecular complexity index is 1180. The van der Waals surface area contributed by atoms with Gasteiger partial charge in [-0.05, 0) is 44.2 Å². The number of amidine groups is 1. The Labute approximate surface area is 197 Å². The largest absolute Gasteiger partial charge is 0.491 e. The highest BCUT2D eigenvalue weighted by Gasteiger charge is 2.61. The van der Waals surface area contributed by atoms with E-state index in [1.54, 1.807) is 4.90 Å². The number of hydrogen-bond donors (Lipinski definition) is 1. The van der Waals surface area contributed by atoms with Gasteiger partial charge in [0.2, 0.25) is 16.7 Å². The Morgan fingerprint density at radius 1 is 1.15 bits per heavy atom. The maximum absolute atomic E-state index is 14.1. The van der Waals surface area contributed by atoms with Gasteiger partial charge in [-0.3, -0.25) is 14.4 Å². The summed E-state index contributed by atoms with van der Waals surface area (Å²) in [6, 6.07) is 13.2. The molecule has 172 valence electrons. The fourth-order valence-corrected chi connectivity index (χ4v) is 5.50. The van der Waals surface area contributed by atoms with Crippen LogP contribution in [0.3, 0.4) is 0 Å². The maximum atomic E-state index is 14.1. The van der Waals surface area contributed by atoms with Crippen LogP contribution in [0, 0.1) is 6.92 Å². The van der Waals surface area contributed by atoms with Gasteiger partial charge in [0.05, 0.1) is 18.3 Å². The topological polar surface area (TPSA) is 91.3 Å². The summed E-state index contributed by atoms with van der Waals surface area (Å²) in [6.45, 7) is 8.82. The summed E-state index contributed by atoms with van der Waals surface area (Å²) >= 11 is 1.07. The van der Waals surface area contributed by atoms with Gasteiger partial charge in [-0.25, -0.2) is 0 Å². The summed E-state index contributed by atoms with van der Waals surface area (Å²) in [5, 5.41) is 8.32. The van der Waals surface area contributed by atoms with Crippen molar-refractivity contribution < 1.29 is 19.1 Å². The van der Waals surface area contributed by atoms with Crippen LogP contribution in [0.5, 0.6) is 5.75 Å². The number of anilines is 1. The van der Waals surface area contributed by atoms with Crippen molar-refractivity contribution in [3.63, 3.8) is 0 Å². The highest BCUT2D eigenvalue weighted by molar-refractivity contribution is 8.15. The fourth-order valence-electron chi connectivity index (χ4n) is 4.18.